The van der Waals surface area contributed by atoms with E-state index in [1.54, 1.807) is 50.7 Å². The van der Waals surface area contributed by atoms with Gasteiger partial charge in [0, 0.05) is 23.1 Å². The molecule has 0 fully saturated rings. The lowest BCUT2D eigenvalue weighted by Crippen LogP contribution is -2.13. The zero-order valence-electron chi connectivity index (χ0n) is 19.6. The molecule has 0 bridgehead atoms. The van der Waals surface area contributed by atoms with E-state index in [0.717, 1.165) is 12.1 Å². The molecule has 1 heterocycles. The van der Waals surface area contributed by atoms with Crippen molar-refractivity contribution in [2.75, 3.05) is 14.2 Å². The molecule has 1 aliphatic rings. The van der Waals surface area contributed by atoms with Gasteiger partial charge in [0.15, 0.2) is 11.5 Å². The van der Waals surface area contributed by atoms with Crippen molar-refractivity contribution in [3.05, 3.63) is 89.1 Å². The molecule has 5 nitrogen and oxygen atoms in total. The molecule has 0 N–H and O–H groups in total. The van der Waals surface area contributed by atoms with E-state index in [9.17, 15) is 18.0 Å². The molecular weight excluding hydrogens is 471 g/mol. The fourth-order valence-electron chi connectivity index (χ4n) is 4.67. The maximum atomic E-state index is 13.7. The molecule has 0 amide bonds. The molecule has 4 aromatic rings. The number of hydrogen-bond acceptors (Lipinski definition) is 5. The second kappa shape index (κ2) is 9.18. The predicted octanol–water partition coefficient (Wildman–Crippen LogP) is 6.66. The quantitative estimate of drug-likeness (QED) is 0.301. The van der Waals surface area contributed by atoms with Gasteiger partial charge >= 0.3 is 6.18 Å². The lowest BCUT2D eigenvalue weighted by Gasteiger charge is -2.16. The molecule has 1 unspecified atom stereocenters. The van der Waals surface area contributed by atoms with E-state index in [1.165, 1.54) is 12.1 Å². The summed E-state index contributed by atoms with van der Waals surface area (Å²) in [5.74, 6) is 1.44. The van der Waals surface area contributed by atoms with Crippen LogP contribution in [0.1, 0.15) is 27.0 Å². The molecule has 36 heavy (non-hydrogen) atoms. The number of pyridine rings is 1. The van der Waals surface area contributed by atoms with Gasteiger partial charge in [-0.05, 0) is 66.9 Å². The van der Waals surface area contributed by atoms with Crippen LogP contribution in [0.4, 0.5) is 13.2 Å². The van der Waals surface area contributed by atoms with Crippen LogP contribution in [0.5, 0.6) is 23.0 Å². The van der Waals surface area contributed by atoms with Crippen LogP contribution in [0, 0.1) is 5.92 Å². The Hall–Kier alpha value is -4.07. The maximum Gasteiger partial charge on any atom is 0.416 e. The fraction of sp³-hybridized carbons (Fsp3) is 0.214. The summed E-state index contributed by atoms with van der Waals surface area (Å²) in [6.45, 7) is 0. The second-order valence-corrected chi connectivity index (χ2v) is 8.56. The first-order chi connectivity index (χ1) is 17.3. The van der Waals surface area contributed by atoms with Crippen LogP contribution in [-0.4, -0.2) is 25.0 Å². The zero-order valence-corrected chi connectivity index (χ0v) is 19.6. The van der Waals surface area contributed by atoms with E-state index < -0.39 is 17.7 Å². The van der Waals surface area contributed by atoms with Crippen molar-refractivity contribution in [3.8, 4) is 23.0 Å². The van der Waals surface area contributed by atoms with Crippen molar-refractivity contribution in [2.45, 2.75) is 19.0 Å². The third kappa shape index (κ3) is 4.23. The Morgan fingerprint density at radius 1 is 0.917 bits per heavy atom. The number of rotatable bonds is 6. The Morgan fingerprint density at radius 2 is 1.61 bits per heavy atom. The number of carbonyl (C=O) groups is 1. The van der Waals surface area contributed by atoms with Crippen molar-refractivity contribution in [3.63, 3.8) is 0 Å². The van der Waals surface area contributed by atoms with Gasteiger partial charge in [0.05, 0.1) is 25.3 Å². The van der Waals surface area contributed by atoms with Crippen LogP contribution < -0.4 is 14.2 Å². The average Bonchev–Trinajstić information content (AvgIpc) is 3.19. The molecule has 1 aromatic heterocycles. The van der Waals surface area contributed by atoms with Crippen LogP contribution in [0.3, 0.4) is 0 Å². The molecule has 0 spiro atoms. The Kier molecular flexibility index (Phi) is 6.04. The largest absolute Gasteiger partial charge is 0.497 e. The lowest BCUT2D eigenvalue weighted by atomic mass is 9.95. The summed E-state index contributed by atoms with van der Waals surface area (Å²) in [5, 5.41) is 0.713. The number of ketones is 1. The number of hydrogen-bond donors (Lipinski definition) is 0. The summed E-state index contributed by atoms with van der Waals surface area (Å²) >= 11 is 0. The van der Waals surface area contributed by atoms with Crippen LogP contribution in [0.2, 0.25) is 0 Å². The number of fused-ring (bicyclic) bond motifs is 2. The third-order valence-electron chi connectivity index (χ3n) is 6.38. The number of ether oxygens (including phenoxy) is 3. The van der Waals surface area contributed by atoms with Crippen molar-refractivity contribution in [2.24, 2.45) is 5.92 Å². The van der Waals surface area contributed by atoms with Gasteiger partial charge < -0.3 is 14.2 Å². The van der Waals surface area contributed by atoms with E-state index in [0.29, 0.717) is 63.4 Å². The molecule has 1 atom stereocenters. The molecule has 184 valence electrons. The minimum absolute atomic E-state index is 0.153. The van der Waals surface area contributed by atoms with E-state index in [-0.39, 0.29) is 5.78 Å². The van der Waals surface area contributed by atoms with Gasteiger partial charge in [0.1, 0.15) is 22.8 Å². The SMILES string of the molecule is COc1ccc(Oc2c3c(c(OC)c4cccnc24)CC(Cc2ccc(C(F)(F)F)cc2)C3=O)cc1. The molecule has 8 heteroatoms. The molecule has 1 aliphatic carbocycles. The van der Waals surface area contributed by atoms with Crippen molar-refractivity contribution < 1.29 is 32.2 Å². The van der Waals surface area contributed by atoms with Gasteiger partial charge in [0.2, 0.25) is 0 Å². The highest BCUT2D eigenvalue weighted by atomic mass is 19.4. The van der Waals surface area contributed by atoms with Crippen molar-refractivity contribution >= 4 is 16.7 Å². The van der Waals surface area contributed by atoms with Gasteiger partial charge in [-0.15, -0.1) is 0 Å². The topological polar surface area (TPSA) is 57.6 Å². The van der Waals surface area contributed by atoms with Crippen LogP contribution in [-0.2, 0) is 19.0 Å². The number of halogens is 3. The highest BCUT2D eigenvalue weighted by molar-refractivity contribution is 6.11. The van der Waals surface area contributed by atoms with E-state index in [1.807, 2.05) is 6.07 Å². The maximum absolute atomic E-state index is 13.7. The first kappa shape index (κ1) is 23.7. The van der Waals surface area contributed by atoms with Gasteiger partial charge in [-0.25, -0.2) is 0 Å². The highest BCUT2D eigenvalue weighted by Gasteiger charge is 2.38. The number of aromatic nitrogens is 1. The molecular formula is C28H22F3NO4. The van der Waals surface area contributed by atoms with Crippen LogP contribution in [0.25, 0.3) is 10.9 Å². The van der Waals surface area contributed by atoms with Crippen LogP contribution in [0.15, 0.2) is 66.9 Å². The molecule has 5 rings (SSSR count). The summed E-state index contributed by atoms with van der Waals surface area (Å²) in [6.07, 6.45) is -2.12. The van der Waals surface area contributed by atoms with Gasteiger partial charge in [-0.3, -0.25) is 9.78 Å². The highest BCUT2D eigenvalue weighted by Crippen LogP contribution is 2.47. The van der Waals surface area contributed by atoms with Gasteiger partial charge in [-0.2, -0.15) is 13.2 Å². The van der Waals surface area contributed by atoms with Crippen LogP contribution >= 0.6 is 0 Å². The third-order valence-corrected chi connectivity index (χ3v) is 6.38. The minimum atomic E-state index is -4.41. The molecule has 0 radical (unpaired) electrons. The van der Waals surface area contributed by atoms with Crippen molar-refractivity contribution in [1.82, 2.24) is 4.98 Å². The van der Waals surface area contributed by atoms with Gasteiger partial charge in [-0.1, -0.05) is 12.1 Å². The number of carbonyl (C=O) groups excluding carboxylic acids is 1. The monoisotopic (exact) mass is 493 g/mol. The summed E-state index contributed by atoms with van der Waals surface area (Å²) in [6, 6.07) is 15.5. The Balaban J connectivity index is 1.55. The first-order valence-electron chi connectivity index (χ1n) is 11.3. The van der Waals surface area contributed by atoms with Gasteiger partial charge in [0.25, 0.3) is 0 Å². The Morgan fingerprint density at radius 3 is 2.25 bits per heavy atom. The Bertz CT molecular complexity index is 1430. The van der Waals surface area contributed by atoms with E-state index >= 15 is 0 Å². The standard InChI is InChI=1S/C28H22F3NO4/c1-34-19-9-11-20(12-10-19)36-27-23-22(26(35-2)21-4-3-13-32-24(21)27)15-17(25(23)33)14-16-5-7-18(8-6-16)28(29,30)31/h3-13,17H,14-15H2,1-2H3. The molecule has 0 aliphatic heterocycles. The van der Waals surface area contributed by atoms with E-state index in [2.05, 4.69) is 4.98 Å². The number of nitrogens with zero attached hydrogens (tertiary/aromatic N) is 1. The lowest BCUT2D eigenvalue weighted by molar-refractivity contribution is -0.137. The predicted molar refractivity (Wildman–Crippen MR) is 128 cm³/mol. The number of Topliss-reactive ketones (excluding diaryl/α,β-unsaturated/α-hetero) is 1. The zero-order chi connectivity index (χ0) is 25.4. The summed E-state index contributed by atoms with van der Waals surface area (Å²) in [7, 11) is 3.11. The first-order valence-corrected chi connectivity index (χ1v) is 11.3. The normalized spacial score (nSPS) is 15.1. The molecule has 0 saturated carbocycles. The molecule has 3 aromatic carbocycles. The fourth-order valence-corrected chi connectivity index (χ4v) is 4.67. The minimum Gasteiger partial charge on any atom is -0.497 e. The average molecular weight is 493 g/mol. The number of methoxy groups -OCH3 is 2. The summed E-state index contributed by atoms with van der Waals surface area (Å²) in [5.41, 5.74) is 1.52. The Labute approximate surface area is 205 Å². The molecule has 0 saturated heterocycles. The second-order valence-electron chi connectivity index (χ2n) is 8.56. The number of alkyl halides is 3. The number of benzene rings is 3. The summed E-state index contributed by atoms with van der Waals surface area (Å²) in [4.78, 5) is 18.2. The van der Waals surface area contributed by atoms with E-state index in [4.69, 9.17) is 14.2 Å². The van der Waals surface area contributed by atoms with Crippen molar-refractivity contribution in [1.29, 1.82) is 0 Å². The summed E-state index contributed by atoms with van der Waals surface area (Å²) < 4.78 is 56.0. The smallest absolute Gasteiger partial charge is 0.416 e.